The molecule has 0 radical (unpaired) electrons. The standard InChI is InChI=1S/C12H22ClN3O2/c1-9(7-13)12(18)15-10-3-5-16(6-4-10)8-11(17)14-2/h9-10H,3-8H2,1-2H3,(H,14,17)(H,15,18). The molecule has 0 aliphatic carbocycles. The van der Waals surface area contributed by atoms with Crippen LogP contribution in [-0.4, -0.2) is 55.3 Å². The largest absolute Gasteiger partial charge is 0.358 e. The average Bonchev–Trinajstić information content (AvgIpc) is 2.39. The van der Waals surface area contributed by atoms with Crippen molar-refractivity contribution in [1.29, 1.82) is 0 Å². The summed E-state index contributed by atoms with van der Waals surface area (Å²) in [5, 5.41) is 5.62. The molecule has 1 heterocycles. The Bertz CT molecular complexity index is 291. The minimum atomic E-state index is -0.143. The van der Waals surface area contributed by atoms with Crippen LogP contribution in [0.4, 0.5) is 0 Å². The van der Waals surface area contributed by atoms with Gasteiger partial charge in [0.2, 0.25) is 11.8 Å². The second-order valence-corrected chi connectivity index (χ2v) is 5.10. The number of hydrogen-bond acceptors (Lipinski definition) is 3. The predicted molar refractivity (Wildman–Crippen MR) is 71.6 cm³/mol. The van der Waals surface area contributed by atoms with Gasteiger partial charge in [-0.3, -0.25) is 14.5 Å². The van der Waals surface area contributed by atoms with Crippen LogP contribution < -0.4 is 10.6 Å². The van der Waals surface area contributed by atoms with Crippen molar-refractivity contribution >= 4 is 23.4 Å². The molecule has 0 aromatic rings. The fourth-order valence-electron chi connectivity index (χ4n) is 1.93. The van der Waals surface area contributed by atoms with Crippen molar-refractivity contribution in [3.8, 4) is 0 Å². The number of carbonyl (C=O) groups excluding carboxylic acids is 2. The van der Waals surface area contributed by atoms with E-state index in [2.05, 4.69) is 15.5 Å². The number of amides is 2. The Morgan fingerprint density at radius 2 is 2.00 bits per heavy atom. The van der Waals surface area contributed by atoms with Crippen molar-refractivity contribution in [2.24, 2.45) is 5.92 Å². The fourth-order valence-corrected chi connectivity index (χ4v) is 2.07. The van der Waals surface area contributed by atoms with Crippen molar-refractivity contribution in [1.82, 2.24) is 15.5 Å². The SMILES string of the molecule is CNC(=O)CN1CCC(NC(=O)C(C)CCl)CC1. The zero-order valence-corrected chi connectivity index (χ0v) is 11.8. The van der Waals surface area contributed by atoms with Crippen LogP contribution in [0.5, 0.6) is 0 Å². The summed E-state index contributed by atoms with van der Waals surface area (Å²) in [5.41, 5.74) is 0. The Morgan fingerprint density at radius 1 is 1.39 bits per heavy atom. The summed E-state index contributed by atoms with van der Waals surface area (Å²) < 4.78 is 0. The zero-order valence-electron chi connectivity index (χ0n) is 11.0. The van der Waals surface area contributed by atoms with Gasteiger partial charge in [-0.1, -0.05) is 6.92 Å². The van der Waals surface area contributed by atoms with Gasteiger partial charge < -0.3 is 10.6 Å². The van der Waals surface area contributed by atoms with Crippen LogP contribution in [0.25, 0.3) is 0 Å². The summed E-state index contributed by atoms with van der Waals surface area (Å²) in [6.07, 6.45) is 1.77. The Hall–Kier alpha value is -0.810. The molecule has 1 aliphatic heterocycles. The molecule has 18 heavy (non-hydrogen) atoms. The number of likely N-dealkylation sites (tertiary alicyclic amines) is 1. The smallest absolute Gasteiger partial charge is 0.233 e. The molecular weight excluding hydrogens is 254 g/mol. The molecule has 2 amide bonds. The molecule has 1 aliphatic rings. The molecule has 0 spiro atoms. The van der Waals surface area contributed by atoms with E-state index in [1.54, 1.807) is 7.05 Å². The van der Waals surface area contributed by atoms with Gasteiger partial charge in [0, 0.05) is 38.0 Å². The van der Waals surface area contributed by atoms with Crippen LogP contribution in [0, 0.1) is 5.92 Å². The van der Waals surface area contributed by atoms with E-state index in [0.29, 0.717) is 12.4 Å². The van der Waals surface area contributed by atoms with Gasteiger partial charge in [0.15, 0.2) is 0 Å². The summed E-state index contributed by atoms with van der Waals surface area (Å²) >= 11 is 5.65. The molecule has 1 unspecified atom stereocenters. The Morgan fingerprint density at radius 3 is 2.50 bits per heavy atom. The summed E-state index contributed by atoms with van der Waals surface area (Å²) in [6.45, 7) is 3.94. The van der Waals surface area contributed by atoms with Crippen LogP contribution >= 0.6 is 11.6 Å². The maximum atomic E-state index is 11.7. The van der Waals surface area contributed by atoms with Gasteiger partial charge in [0.25, 0.3) is 0 Å². The highest BCUT2D eigenvalue weighted by atomic mass is 35.5. The van der Waals surface area contributed by atoms with E-state index >= 15 is 0 Å². The minimum absolute atomic E-state index is 0.0229. The van der Waals surface area contributed by atoms with E-state index < -0.39 is 0 Å². The molecular formula is C12H22ClN3O2. The van der Waals surface area contributed by atoms with Crippen LogP contribution in [0.3, 0.4) is 0 Å². The van der Waals surface area contributed by atoms with E-state index in [9.17, 15) is 9.59 Å². The Balaban J connectivity index is 2.27. The molecule has 5 nitrogen and oxygen atoms in total. The van der Waals surface area contributed by atoms with E-state index in [4.69, 9.17) is 11.6 Å². The van der Waals surface area contributed by atoms with Crippen LogP contribution in [0.2, 0.25) is 0 Å². The molecule has 0 aromatic carbocycles. The molecule has 2 N–H and O–H groups in total. The molecule has 1 rings (SSSR count). The lowest BCUT2D eigenvalue weighted by Crippen LogP contribution is -2.48. The first kappa shape index (κ1) is 15.2. The molecule has 6 heteroatoms. The summed E-state index contributed by atoms with van der Waals surface area (Å²) in [5.74, 6) is 0.264. The van der Waals surface area contributed by atoms with Crippen molar-refractivity contribution < 1.29 is 9.59 Å². The van der Waals surface area contributed by atoms with Gasteiger partial charge in [0.05, 0.1) is 6.54 Å². The van der Waals surface area contributed by atoms with Crippen LogP contribution in [0.1, 0.15) is 19.8 Å². The molecule has 0 saturated carbocycles. The predicted octanol–water partition coefficient (Wildman–Crippen LogP) is 0.188. The molecule has 1 saturated heterocycles. The summed E-state index contributed by atoms with van der Waals surface area (Å²) in [7, 11) is 1.64. The number of alkyl halides is 1. The van der Waals surface area contributed by atoms with Gasteiger partial charge in [-0.2, -0.15) is 0 Å². The fraction of sp³-hybridized carbons (Fsp3) is 0.833. The van der Waals surface area contributed by atoms with E-state index in [1.807, 2.05) is 6.92 Å². The summed E-state index contributed by atoms with van der Waals surface area (Å²) in [6, 6.07) is 0.212. The number of carbonyl (C=O) groups is 2. The van der Waals surface area contributed by atoms with E-state index in [1.165, 1.54) is 0 Å². The van der Waals surface area contributed by atoms with Crippen LogP contribution in [-0.2, 0) is 9.59 Å². The maximum absolute atomic E-state index is 11.7. The normalized spacial score (nSPS) is 19.3. The number of rotatable bonds is 5. The second-order valence-electron chi connectivity index (χ2n) is 4.79. The molecule has 1 atom stereocenters. The van der Waals surface area contributed by atoms with Gasteiger partial charge in [-0.05, 0) is 12.8 Å². The van der Waals surface area contributed by atoms with E-state index in [0.717, 1.165) is 25.9 Å². The summed E-state index contributed by atoms with van der Waals surface area (Å²) in [4.78, 5) is 25.0. The number of nitrogens with zero attached hydrogens (tertiary/aromatic N) is 1. The number of piperidine rings is 1. The quantitative estimate of drug-likeness (QED) is 0.704. The van der Waals surface area contributed by atoms with Crippen LogP contribution in [0.15, 0.2) is 0 Å². The molecule has 0 aromatic heterocycles. The van der Waals surface area contributed by atoms with Gasteiger partial charge in [-0.25, -0.2) is 0 Å². The van der Waals surface area contributed by atoms with Gasteiger partial charge in [0.1, 0.15) is 0 Å². The lowest BCUT2D eigenvalue weighted by Gasteiger charge is -2.32. The Kier molecular flexibility index (Phi) is 6.43. The van der Waals surface area contributed by atoms with Crippen molar-refractivity contribution in [2.45, 2.75) is 25.8 Å². The number of halogens is 1. The lowest BCUT2D eigenvalue weighted by molar-refractivity contribution is -0.125. The van der Waals surface area contributed by atoms with Crippen molar-refractivity contribution in [2.75, 3.05) is 32.6 Å². The van der Waals surface area contributed by atoms with Gasteiger partial charge >= 0.3 is 0 Å². The van der Waals surface area contributed by atoms with Gasteiger partial charge in [-0.15, -0.1) is 11.6 Å². The third-order valence-electron chi connectivity index (χ3n) is 3.26. The number of likely N-dealkylation sites (N-methyl/N-ethyl adjacent to an activating group) is 1. The Labute approximate surface area is 113 Å². The molecule has 104 valence electrons. The third kappa shape index (κ3) is 4.82. The average molecular weight is 276 g/mol. The maximum Gasteiger partial charge on any atom is 0.233 e. The van der Waals surface area contributed by atoms with Crippen molar-refractivity contribution in [3.05, 3.63) is 0 Å². The molecule has 0 bridgehead atoms. The minimum Gasteiger partial charge on any atom is -0.358 e. The highest BCUT2D eigenvalue weighted by molar-refractivity contribution is 6.19. The van der Waals surface area contributed by atoms with Crippen molar-refractivity contribution in [3.63, 3.8) is 0 Å². The zero-order chi connectivity index (χ0) is 13.5. The lowest BCUT2D eigenvalue weighted by atomic mass is 10.0. The highest BCUT2D eigenvalue weighted by Crippen LogP contribution is 2.11. The monoisotopic (exact) mass is 275 g/mol. The third-order valence-corrected chi connectivity index (χ3v) is 3.72. The number of nitrogens with one attached hydrogen (secondary N) is 2. The first-order valence-corrected chi connectivity index (χ1v) is 6.89. The number of hydrogen-bond donors (Lipinski definition) is 2. The second kappa shape index (κ2) is 7.59. The topological polar surface area (TPSA) is 61.4 Å². The highest BCUT2D eigenvalue weighted by Gasteiger charge is 2.23. The first-order valence-electron chi connectivity index (χ1n) is 6.36. The van der Waals surface area contributed by atoms with E-state index in [-0.39, 0.29) is 23.8 Å². The first-order chi connectivity index (χ1) is 8.56. The molecule has 1 fully saturated rings.